The first-order valence-electron chi connectivity index (χ1n) is 10.9. The lowest BCUT2D eigenvalue weighted by Crippen LogP contribution is -2.60. The normalized spacial score (nSPS) is 46.8. The Labute approximate surface area is 194 Å². The van der Waals surface area contributed by atoms with Crippen molar-refractivity contribution in [1.29, 1.82) is 0 Å². The summed E-state index contributed by atoms with van der Waals surface area (Å²) in [4.78, 5) is 12.0. The number of carbonyl (C=O) groups is 1. The number of cyclic esters (lactones) is 1. The fourth-order valence-electron chi connectivity index (χ4n) is 4.45. The largest absolute Gasteiger partial charge is 0.471 e. The van der Waals surface area contributed by atoms with Crippen molar-refractivity contribution in [2.75, 3.05) is 26.4 Å². The Morgan fingerprint density at radius 2 is 1.91 bits per heavy atom. The average molecular weight is 490 g/mol. The van der Waals surface area contributed by atoms with Gasteiger partial charge in [-0.15, -0.1) is 6.58 Å². The number of hydrogen-bond acceptors (Lipinski definition) is 13. The summed E-state index contributed by atoms with van der Waals surface area (Å²) in [6.07, 6.45) is -8.14. The number of esters is 1. The minimum absolute atomic E-state index is 0.227. The summed E-state index contributed by atoms with van der Waals surface area (Å²) < 4.78 is 32.5. The molecule has 11 atom stereocenters. The number of aliphatic hydroxyl groups excluding tert-OH is 5. The molecule has 0 aromatic carbocycles. The maximum Gasteiger partial charge on any atom is 0.337 e. The highest BCUT2D eigenvalue weighted by molar-refractivity contribution is 5.89. The van der Waals surface area contributed by atoms with E-state index in [1.807, 2.05) is 0 Å². The van der Waals surface area contributed by atoms with E-state index in [4.69, 9.17) is 28.4 Å². The Morgan fingerprint density at radius 1 is 1.15 bits per heavy atom. The number of carbonyl (C=O) groups excluding carboxylic acids is 1. The van der Waals surface area contributed by atoms with Crippen LogP contribution in [0.2, 0.25) is 0 Å². The zero-order valence-electron chi connectivity index (χ0n) is 18.2. The molecular weight excluding hydrogens is 460 g/mol. The van der Waals surface area contributed by atoms with Gasteiger partial charge in [0.25, 0.3) is 0 Å². The summed E-state index contributed by atoms with van der Waals surface area (Å²) in [6.45, 7) is 2.47. The van der Waals surface area contributed by atoms with E-state index in [0.717, 1.165) is 0 Å². The van der Waals surface area contributed by atoms with Gasteiger partial charge >= 0.3 is 5.97 Å². The van der Waals surface area contributed by atoms with E-state index < -0.39 is 80.1 Å². The van der Waals surface area contributed by atoms with Crippen LogP contribution in [0.4, 0.5) is 0 Å². The van der Waals surface area contributed by atoms with Gasteiger partial charge in [-0.1, -0.05) is 6.08 Å². The molecule has 0 aromatic rings. The highest BCUT2D eigenvalue weighted by atomic mass is 16.8. The van der Waals surface area contributed by atoms with Gasteiger partial charge in [0.15, 0.2) is 12.6 Å². The van der Waals surface area contributed by atoms with Crippen LogP contribution in [0.1, 0.15) is 6.42 Å². The quantitative estimate of drug-likeness (QED) is 0.155. The van der Waals surface area contributed by atoms with Gasteiger partial charge in [0.2, 0.25) is 6.29 Å². The van der Waals surface area contributed by atoms with Crippen molar-refractivity contribution in [3.05, 3.63) is 24.5 Å². The number of aliphatic hydroxyl groups is 6. The Balaban J connectivity index is 1.41. The Bertz CT molecular complexity index is 789. The number of fused-ring (bicyclic) bond motifs is 1. The summed E-state index contributed by atoms with van der Waals surface area (Å²) in [5, 5.41) is 60.4. The van der Waals surface area contributed by atoms with Crippen LogP contribution in [0.15, 0.2) is 24.5 Å². The summed E-state index contributed by atoms with van der Waals surface area (Å²) in [5.74, 6) is -1.25. The van der Waals surface area contributed by atoms with Crippen molar-refractivity contribution >= 4 is 5.97 Å². The molecule has 3 fully saturated rings. The molecule has 0 radical (unpaired) electrons. The third-order valence-electron chi connectivity index (χ3n) is 6.62. The molecule has 4 aliphatic rings. The fraction of sp³-hybridized carbons (Fsp3) is 0.762. The summed E-state index contributed by atoms with van der Waals surface area (Å²) in [7, 11) is 0. The Hall–Kier alpha value is -1.65. The lowest BCUT2D eigenvalue weighted by Gasteiger charge is -2.44. The predicted octanol–water partition coefficient (Wildman–Crippen LogP) is -3.13. The first-order chi connectivity index (χ1) is 16.2. The minimum atomic E-state index is -1.89. The van der Waals surface area contributed by atoms with Gasteiger partial charge in [0.1, 0.15) is 36.1 Å². The van der Waals surface area contributed by atoms with Gasteiger partial charge in [-0.3, -0.25) is 0 Å². The fourth-order valence-corrected chi connectivity index (χ4v) is 4.45. The van der Waals surface area contributed by atoms with Crippen molar-refractivity contribution in [2.45, 2.75) is 61.4 Å². The van der Waals surface area contributed by atoms with Crippen LogP contribution in [-0.4, -0.2) is 118 Å². The van der Waals surface area contributed by atoms with E-state index in [0.29, 0.717) is 12.0 Å². The van der Waals surface area contributed by atoms with E-state index >= 15 is 0 Å². The molecule has 13 heteroatoms. The number of ether oxygens (including phenoxy) is 6. The third kappa shape index (κ3) is 4.60. The molecule has 3 saturated heterocycles. The maximum absolute atomic E-state index is 12.0. The molecule has 0 aromatic heterocycles. The molecule has 0 bridgehead atoms. The second-order valence-electron chi connectivity index (χ2n) is 8.79. The van der Waals surface area contributed by atoms with Gasteiger partial charge in [0, 0.05) is 11.8 Å². The van der Waals surface area contributed by atoms with Crippen LogP contribution in [0.3, 0.4) is 0 Å². The lowest BCUT2D eigenvalue weighted by atomic mass is 9.81. The molecule has 4 rings (SSSR count). The van der Waals surface area contributed by atoms with E-state index in [2.05, 4.69) is 6.58 Å². The van der Waals surface area contributed by atoms with E-state index in [-0.39, 0.29) is 19.1 Å². The van der Waals surface area contributed by atoms with Gasteiger partial charge < -0.3 is 59.1 Å². The van der Waals surface area contributed by atoms with Crippen LogP contribution in [0.25, 0.3) is 0 Å². The predicted molar refractivity (Wildman–Crippen MR) is 107 cm³/mol. The van der Waals surface area contributed by atoms with Crippen LogP contribution in [0.5, 0.6) is 0 Å². The number of hydrogen-bond donors (Lipinski definition) is 6. The molecule has 11 unspecified atom stereocenters. The molecule has 0 spiro atoms. The van der Waals surface area contributed by atoms with Crippen LogP contribution >= 0.6 is 0 Å². The minimum Gasteiger partial charge on any atom is -0.471 e. The molecule has 0 saturated carbocycles. The van der Waals surface area contributed by atoms with Crippen molar-refractivity contribution in [2.24, 2.45) is 11.8 Å². The van der Waals surface area contributed by atoms with Crippen molar-refractivity contribution in [1.82, 2.24) is 0 Å². The van der Waals surface area contributed by atoms with Gasteiger partial charge in [-0.05, 0) is 6.42 Å². The molecule has 192 valence electrons. The third-order valence-corrected chi connectivity index (χ3v) is 6.62. The number of rotatable bonds is 7. The SMILES string of the molecule is C=CC1C(OC2OC(COC3OCC(O)(CO)C3O)C(O)C(O)C2O)OC=C2C(=O)OCCC21. The van der Waals surface area contributed by atoms with E-state index in [1.165, 1.54) is 6.26 Å². The second kappa shape index (κ2) is 10.1. The van der Waals surface area contributed by atoms with Crippen LogP contribution < -0.4 is 0 Å². The summed E-state index contributed by atoms with van der Waals surface area (Å²) in [5.41, 5.74) is -1.55. The standard InChI is InChI=1S/C21H30O13/c1-2-9-10-3-4-29-17(27)11(10)5-30-18(9)34-19-15(25)14(24)13(23)12(33-19)6-31-20-16(26)21(28,7-22)8-32-20/h2,5,9-10,12-16,18-20,22-26,28H,1,3-4,6-8H2. The molecule has 34 heavy (non-hydrogen) atoms. The average Bonchev–Trinajstić information content (AvgIpc) is 3.12. The highest BCUT2D eigenvalue weighted by Gasteiger charge is 2.51. The van der Waals surface area contributed by atoms with Crippen LogP contribution in [-0.2, 0) is 33.2 Å². The van der Waals surface area contributed by atoms with E-state index in [1.54, 1.807) is 6.08 Å². The zero-order valence-corrected chi connectivity index (χ0v) is 18.2. The van der Waals surface area contributed by atoms with Gasteiger partial charge in [0.05, 0.1) is 38.3 Å². The Kier molecular flexibility index (Phi) is 7.59. The van der Waals surface area contributed by atoms with Gasteiger partial charge in [-0.25, -0.2) is 4.79 Å². The van der Waals surface area contributed by atoms with Gasteiger partial charge in [-0.2, -0.15) is 0 Å². The second-order valence-corrected chi connectivity index (χ2v) is 8.79. The Morgan fingerprint density at radius 3 is 2.59 bits per heavy atom. The zero-order chi connectivity index (χ0) is 24.6. The molecule has 13 nitrogen and oxygen atoms in total. The lowest BCUT2D eigenvalue weighted by molar-refractivity contribution is -0.344. The monoisotopic (exact) mass is 490 g/mol. The topological polar surface area (TPSA) is 194 Å². The summed E-state index contributed by atoms with van der Waals surface area (Å²) in [6, 6.07) is 0. The van der Waals surface area contributed by atoms with Crippen molar-refractivity contribution in [3.8, 4) is 0 Å². The maximum atomic E-state index is 12.0. The summed E-state index contributed by atoms with van der Waals surface area (Å²) >= 11 is 0. The first kappa shape index (κ1) is 25.4. The first-order valence-corrected chi connectivity index (χ1v) is 10.9. The van der Waals surface area contributed by atoms with Crippen molar-refractivity contribution < 1.29 is 63.9 Å². The van der Waals surface area contributed by atoms with E-state index in [9.17, 15) is 35.4 Å². The highest BCUT2D eigenvalue weighted by Crippen LogP contribution is 2.38. The van der Waals surface area contributed by atoms with Crippen LogP contribution in [0, 0.1) is 11.8 Å². The smallest absolute Gasteiger partial charge is 0.337 e. The molecule has 6 N–H and O–H groups in total. The molecular formula is C21H30O13. The molecule has 0 amide bonds. The van der Waals surface area contributed by atoms with Crippen molar-refractivity contribution in [3.63, 3.8) is 0 Å². The molecule has 4 aliphatic heterocycles. The molecule has 4 heterocycles. The molecule has 0 aliphatic carbocycles.